The second-order valence-electron chi connectivity index (χ2n) is 4.81. The molecule has 2 rings (SSSR count). The van der Waals surface area contributed by atoms with Gasteiger partial charge in [0.25, 0.3) is 0 Å². The van der Waals surface area contributed by atoms with Crippen molar-refractivity contribution in [1.29, 1.82) is 0 Å². The second-order valence-corrected chi connectivity index (χ2v) is 4.81. The SMILES string of the molecule is CC(C)OC(=O)C1(N)CC1c1cccc(F)c1. The van der Waals surface area contributed by atoms with Crippen LogP contribution in [0.2, 0.25) is 0 Å². The first-order valence-corrected chi connectivity index (χ1v) is 5.69. The number of nitrogens with two attached hydrogens (primary N) is 1. The zero-order chi connectivity index (χ0) is 12.6. The second kappa shape index (κ2) is 4.11. The summed E-state index contributed by atoms with van der Waals surface area (Å²) in [4.78, 5) is 11.8. The van der Waals surface area contributed by atoms with Crippen LogP contribution in [0.1, 0.15) is 31.7 Å². The number of hydrogen-bond acceptors (Lipinski definition) is 3. The first kappa shape index (κ1) is 12.0. The Kier molecular flexibility index (Phi) is 2.91. The summed E-state index contributed by atoms with van der Waals surface area (Å²) in [7, 11) is 0. The van der Waals surface area contributed by atoms with Crippen LogP contribution in [0.4, 0.5) is 4.39 Å². The van der Waals surface area contributed by atoms with E-state index >= 15 is 0 Å². The molecule has 1 aromatic rings. The summed E-state index contributed by atoms with van der Waals surface area (Å²) in [5.74, 6) is -0.847. The number of ether oxygens (including phenoxy) is 1. The molecule has 2 unspecified atom stereocenters. The zero-order valence-corrected chi connectivity index (χ0v) is 9.94. The zero-order valence-electron chi connectivity index (χ0n) is 9.94. The molecule has 0 bridgehead atoms. The molecule has 4 heteroatoms. The molecule has 2 atom stereocenters. The van der Waals surface area contributed by atoms with Gasteiger partial charge in [-0.2, -0.15) is 0 Å². The van der Waals surface area contributed by atoms with Crippen LogP contribution in [0.5, 0.6) is 0 Å². The van der Waals surface area contributed by atoms with Gasteiger partial charge in [0.15, 0.2) is 0 Å². The largest absolute Gasteiger partial charge is 0.462 e. The van der Waals surface area contributed by atoms with Crippen LogP contribution in [0.15, 0.2) is 24.3 Å². The Morgan fingerprint density at radius 1 is 1.59 bits per heavy atom. The van der Waals surface area contributed by atoms with Crippen LogP contribution in [0.3, 0.4) is 0 Å². The molecule has 0 heterocycles. The smallest absolute Gasteiger partial charge is 0.327 e. The molecular weight excluding hydrogens is 221 g/mol. The number of halogens is 1. The van der Waals surface area contributed by atoms with Crippen molar-refractivity contribution in [3.05, 3.63) is 35.6 Å². The third-order valence-electron chi connectivity index (χ3n) is 2.98. The number of carbonyl (C=O) groups excluding carboxylic acids is 1. The Balaban J connectivity index is 2.11. The lowest BCUT2D eigenvalue weighted by atomic mass is 10.1. The lowest BCUT2D eigenvalue weighted by Gasteiger charge is -2.14. The van der Waals surface area contributed by atoms with E-state index in [0.29, 0.717) is 6.42 Å². The summed E-state index contributed by atoms with van der Waals surface area (Å²) in [5, 5.41) is 0. The molecule has 1 saturated carbocycles. The Morgan fingerprint density at radius 2 is 2.29 bits per heavy atom. The van der Waals surface area contributed by atoms with E-state index in [4.69, 9.17) is 10.5 Å². The van der Waals surface area contributed by atoms with Crippen molar-refractivity contribution >= 4 is 5.97 Å². The molecule has 1 aromatic carbocycles. The molecule has 3 nitrogen and oxygen atoms in total. The van der Waals surface area contributed by atoms with Crippen LogP contribution in [-0.4, -0.2) is 17.6 Å². The highest BCUT2D eigenvalue weighted by Gasteiger charge is 2.59. The van der Waals surface area contributed by atoms with Crippen molar-refractivity contribution < 1.29 is 13.9 Å². The minimum absolute atomic E-state index is 0.135. The van der Waals surface area contributed by atoms with Crippen molar-refractivity contribution in [2.75, 3.05) is 0 Å². The maximum Gasteiger partial charge on any atom is 0.327 e. The number of carbonyl (C=O) groups is 1. The summed E-state index contributed by atoms with van der Waals surface area (Å²) in [6.07, 6.45) is 0.332. The van der Waals surface area contributed by atoms with Gasteiger partial charge in [0.05, 0.1) is 6.10 Å². The third kappa shape index (κ3) is 2.31. The van der Waals surface area contributed by atoms with Crippen molar-refractivity contribution in [2.24, 2.45) is 5.73 Å². The Bertz CT molecular complexity index is 447. The van der Waals surface area contributed by atoms with Crippen molar-refractivity contribution in [3.8, 4) is 0 Å². The quantitative estimate of drug-likeness (QED) is 0.818. The number of hydrogen-bond donors (Lipinski definition) is 1. The molecule has 0 aliphatic heterocycles. The Labute approximate surface area is 99.8 Å². The minimum atomic E-state index is -0.974. The van der Waals surface area contributed by atoms with Crippen molar-refractivity contribution in [3.63, 3.8) is 0 Å². The van der Waals surface area contributed by atoms with E-state index in [2.05, 4.69) is 0 Å². The molecule has 1 aliphatic carbocycles. The van der Waals surface area contributed by atoms with Crippen molar-refractivity contribution in [2.45, 2.75) is 37.8 Å². The van der Waals surface area contributed by atoms with E-state index in [9.17, 15) is 9.18 Å². The van der Waals surface area contributed by atoms with E-state index in [1.807, 2.05) is 0 Å². The van der Waals surface area contributed by atoms with Gasteiger partial charge in [0, 0.05) is 5.92 Å². The highest BCUT2D eigenvalue weighted by molar-refractivity contribution is 5.86. The summed E-state index contributed by atoms with van der Waals surface area (Å²) < 4.78 is 18.2. The Morgan fingerprint density at radius 3 is 2.88 bits per heavy atom. The minimum Gasteiger partial charge on any atom is -0.462 e. The van der Waals surface area contributed by atoms with E-state index in [0.717, 1.165) is 5.56 Å². The fourth-order valence-electron chi connectivity index (χ4n) is 1.97. The van der Waals surface area contributed by atoms with Crippen LogP contribution in [-0.2, 0) is 9.53 Å². The van der Waals surface area contributed by atoms with Gasteiger partial charge in [0.1, 0.15) is 11.4 Å². The van der Waals surface area contributed by atoms with Gasteiger partial charge < -0.3 is 10.5 Å². The predicted molar refractivity (Wildman–Crippen MR) is 61.9 cm³/mol. The number of esters is 1. The molecule has 1 fully saturated rings. The highest BCUT2D eigenvalue weighted by Crippen LogP contribution is 2.50. The topological polar surface area (TPSA) is 52.3 Å². The van der Waals surface area contributed by atoms with E-state index in [1.54, 1.807) is 26.0 Å². The van der Waals surface area contributed by atoms with Gasteiger partial charge in [-0.1, -0.05) is 12.1 Å². The predicted octanol–water partition coefficient (Wildman–Crippen LogP) is 1.96. The van der Waals surface area contributed by atoms with E-state index in [-0.39, 0.29) is 17.8 Å². The lowest BCUT2D eigenvalue weighted by molar-refractivity contribution is -0.150. The highest BCUT2D eigenvalue weighted by atomic mass is 19.1. The first-order valence-electron chi connectivity index (χ1n) is 5.69. The number of rotatable bonds is 3. The van der Waals surface area contributed by atoms with Gasteiger partial charge in [-0.25, -0.2) is 4.39 Å². The Hall–Kier alpha value is -1.42. The molecule has 0 radical (unpaired) electrons. The van der Waals surface area contributed by atoms with Crippen LogP contribution >= 0.6 is 0 Å². The summed E-state index contributed by atoms with van der Waals surface area (Å²) in [6, 6.07) is 6.20. The summed E-state index contributed by atoms with van der Waals surface area (Å²) in [5.41, 5.74) is 5.75. The van der Waals surface area contributed by atoms with Gasteiger partial charge in [-0.15, -0.1) is 0 Å². The lowest BCUT2D eigenvalue weighted by Crippen LogP contribution is -2.38. The van der Waals surface area contributed by atoms with E-state index in [1.165, 1.54) is 12.1 Å². The maximum atomic E-state index is 13.1. The van der Waals surface area contributed by atoms with Crippen LogP contribution < -0.4 is 5.73 Å². The molecule has 0 saturated heterocycles. The molecule has 92 valence electrons. The maximum absolute atomic E-state index is 13.1. The third-order valence-corrected chi connectivity index (χ3v) is 2.98. The molecule has 2 N–H and O–H groups in total. The normalized spacial score (nSPS) is 27.0. The fourth-order valence-corrected chi connectivity index (χ4v) is 1.97. The molecule has 0 amide bonds. The monoisotopic (exact) mass is 237 g/mol. The summed E-state index contributed by atoms with van der Waals surface area (Å²) >= 11 is 0. The van der Waals surface area contributed by atoms with Crippen molar-refractivity contribution in [1.82, 2.24) is 0 Å². The van der Waals surface area contributed by atoms with E-state index < -0.39 is 11.5 Å². The molecule has 0 spiro atoms. The van der Waals surface area contributed by atoms with Crippen LogP contribution in [0.25, 0.3) is 0 Å². The van der Waals surface area contributed by atoms with Gasteiger partial charge in [-0.05, 0) is 38.0 Å². The van der Waals surface area contributed by atoms with Gasteiger partial charge >= 0.3 is 5.97 Å². The summed E-state index contributed by atoms with van der Waals surface area (Å²) in [6.45, 7) is 3.56. The van der Waals surface area contributed by atoms with Gasteiger partial charge in [0.2, 0.25) is 0 Å². The molecular formula is C13H16FNO2. The standard InChI is InChI=1S/C13H16FNO2/c1-8(2)17-12(16)13(15)7-11(13)9-4-3-5-10(14)6-9/h3-6,8,11H,7,15H2,1-2H3. The average Bonchev–Trinajstić information content (AvgIpc) is 2.91. The number of benzene rings is 1. The van der Waals surface area contributed by atoms with Crippen LogP contribution in [0, 0.1) is 5.82 Å². The molecule has 0 aromatic heterocycles. The first-order chi connectivity index (χ1) is 7.93. The fraction of sp³-hybridized carbons (Fsp3) is 0.462. The molecule has 17 heavy (non-hydrogen) atoms. The van der Waals surface area contributed by atoms with Gasteiger partial charge in [-0.3, -0.25) is 4.79 Å². The average molecular weight is 237 g/mol. The molecule has 1 aliphatic rings.